The molecule has 156 valence electrons. The van der Waals surface area contributed by atoms with Crippen molar-refractivity contribution in [2.75, 3.05) is 19.6 Å². The highest BCUT2D eigenvalue weighted by molar-refractivity contribution is 6.35. The van der Waals surface area contributed by atoms with E-state index >= 15 is 0 Å². The van der Waals surface area contributed by atoms with Crippen molar-refractivity contribution in [3.05, 3.63) is 75.4 Å². The minimum Gasteiger partial charge on any atom is -0.366 e. The van der Waals surface area contributed by atoms with Gasteiger partial charge in [0, 0.05) is 24.7 Å². The molecule has 30 heavy (non-hydrogen) atoms. The maximum atomic E-state index is 13.4. The molecule has 2 aromatic rings. The molecule has 1 saturated heterocycles. The third-order valence-corrected chi connectivity index (χ3v) is 6.40. The average Bonchev–Trinajstić information content (AvgIpc) is 3.00. The number of amides is 2. The van der Waals surface area contributed by atoms with E-state index in [2.05, 4.69) is 11.8 Å². The Morgan fingerprint density at radius 1 is 0.867 bits per heavy atom. The number of halogens is 1. The summed E-state index contributed by atoms with van der Waals surface area (Å²) < 4.78 is 0. The van der Waals surface area contributed by atoms with Gasteiger partial charge in [-0.2, -0.15) is 0 Å². The van der Waals surface area contributed by atoms with Crippen LogP contribution in [0.4, 0.5) is 0 Å². The van der Waals surface area contributed by atoms with Gasteiger partial charge in [0.05, 0.1) is 5.57 Å². The zero-order valence-electron chi connectivity index (χ0n) is 17.6. The number of piperidine rings is 1. The molecule has 0 saturated carbocycles. The van der Waals surface area contributed by atoms with Gasteiger partial charge in [0.1, 0.15) is 5.70 Å². The molecule has 2 aliphatic heterocycles. The van der Waals surface area contributed by atoms with Crippen LogP contribution >= 0.6 is 11.6 Å². The predicted octanol–water partition coefficient (Wildman–Crippen LogP) is 4.77. The van der Waals surface area contributed by atoms with Crippen molar-refractivity contribution in [1.29, 1.82) is 0 Å². The first kappa shape index (κ1) is 20.7. The van der Waals surface area contributed by atoms with E-state index in [1.165, 1.54) is 16.9 Å². The van der Waals surface area contributed by atoms with Gasteiger partial charge in [-0.15, -0.1) is 0 Å². The number of rotatable bonds is 5. The number of benzene rings is 2. The number of likely N-dealkylation sites (tertiary alicyclic amines) is 1. The van der Waals surface area contributed by atoms with Crippen molar-refractivity contribution < 1.29 is 9.59 Å². The summed E-state index contributed by atoms with van der Waals surface area (Å²) in [6.45, 7) is 6.12. The Labute approximate surface area is 183 Å². The van der Waals surface area contributed by atoms with E-state index < -0.39 is 0 Å². The van der Waals surface area contributed by atoms with Crippen LogP contribution in [0.2, 0.25) is 5.02 Å². The Morgan fingerprint density at radius 2 is 1.57 bits per heavy atom. The molecule has 2 heterocycles. The zero-order chi connectivity index (χ0) is 21.3. The molecule has 1 fully saturated rings. The van der Waals surface area contributed by atoms with Crippen LogP contribution < -0.4 is 0 Å². The maximum absolute atomic E-state index is 13.4. The van der Waals surface area contributed by atoms with Crippen molar-refractivity contribution in [3.8, 4) is 0 Å². The fraction of sp³-hybridized carbons (Fsp3) is 0.360. The van der Waals surface area contributed by atoms with Crippen LogP contribution in [0.15, 0.2) is 48.2 Å². The summed E-state index contributed by atoms with van der Waals surface area (Å²) in [6.07, 6.45) is 3.89. The third-order valence-electron chi connectivity index (χ3n) is 6.15. The van der Waals surface area contributed by atoms with Crippen molar-refractivity contribution in [2.24, 2.45) is 0 Å². The van der Waals surface area contributed by atoms with E-state index in [0.29, 0.717) is 29.3 Å². The van der Waals surface area contributed by atoms with Crippen LogP contribution in [-0.4, -0.2) is 41.2 Å². The van der Waals surface area contributed by atoms with Gasteiger partial charge < -0.3 is 4.90 Å². The molecule has 2 aliphatic rings. The number of hydrogen-bond donors (Lipinski definition) is 0. The lowest BCUT2D eigenvalue weighted by Gasteiger charge is -2.29. The molecule has 0 radical (unpaired) electrons. The second-order valence-corrected chi connectivity index (χ2v) is 8.65. The van der Waals surface area contributed by atoms with E-state index in [-0.39, 0.29) is 11.8 Å². The van der Waals surface area contributed by atoms with Crippen LogP contribution in [0.25, 0.3) is 5.57 Å². The molecule has 0 atom stereocenters. The van der Waals surface area contributed by atoms with Gasteiger partial charge in [-0.3, -0.25) is 14.5 Å². The largest absolute Gasteiger partial charge is 0.366 e. The van der Waals surface area contributed by atoms with Crippen LogP contribution in [-0.2, 0) is 16.0 Å². The van der Waals surface area contributed by atoms with Gasteiger partial charge in [0.25, 0.3) is 11.8 Å². The molecule has 5 heteroatoms. The number of aryl methyl sites for hydroxylation is 2. The summed E-state index contributed by atoms with van der Waals surface area (Å²) in [4.78, 5) is 30.4. The normalized spacial score (nSPS) is 17.3. The Hall–Kier alpha value is -2.59. The monoisotopic (exact) mass is 422 g/mol. The summed E-state index contributed by atoms with van der Waals surface area (Å²) in [6, 6.07) is 13.6. The van der Waals surface area contributed by atoms with Gasteiger partial charge in [-0.1, -0.05) is 41.9 Å². The molecule has 4 nitrogen and oxygen atoms in total. The first-order chi connectivity index (χ1) is 14.5. The van der Waals surface area contributed by atoms with Crippen LogP contribution in [0.5, 0.6) is 0 Å². The number of carbonyl (C=O) groups excluding carboxylic acids is 2. The maximum Gasteiger partial charge on any atom is 0.277 e. The fourth-order valence-electron chi connectivity index (χ4n) is 4.23. The SMILES string of the molecule is Cc1ccc(C2=C(N3CCCCC3)C(=O)N(CCc3ccc(Cl)cc3)C2=O)cc1C. The van der Waals surface area contributed by atoms with E-state index in [1.54, 1.807) is 0 Å². The fourth-order valence-corrected chi connectivity index (χ4v) is 4.35. The van der Waals surface area contributed by atoms with Crippen LogP contribution in [0.1, 0.15) is 41.5 Å². The van der Waals surface area contributed by atoms with E-state index in [0.717, 1.165) is 42.6 Å². The van der Waals surface area contributed by atoms with Gasteiger partial charge in [0.2, 0.25) is 0 Å². The standard InChI is InChI=1S/C25H27ClN2O2/c1-17-6-9-20(16-18(17)2)22-23(27-13-4-3-5-14-27)25(30)28(24(22)29)15-12-19-7-10-21(26)11-8-19/h6-11,16H,3-5,12-15H2,1-2H3. The summed E-state index contributed by atoms with van der Waals surface area (Å²) in [5.74, 6) is -0.345. The lowest BCUT2D eigenvalue weighted by Crippen LogP contribution is -2.38. The summed E-state index contributed by atoms with van der Waals surface area (Å²) in [5.41, 5.74) is 5.33. The Bertz CT molecular complexity index is 1000. The average molecular weight is 423 g/mol. The van der Waals surface area contributed by atoms with Crippen molar-refractivity contribution >= 4 is 29.0 Å². The number of hydrogen-bond acceptors (Lipinski definition) is 3. The summed E-state index contributed by atoms with van der Waals surface area (Å²) in [5, 5.41) is 0.679. The number of carbonyl (C=O) groups is 2. The molecule has 0 bridgehead atoms. The Morgan fingerprint density at radius 3 is 2.23 bits per heavy atom. The zero-order valence-corrected chi connectivity index (χ0v) is 18.3. The van der Waals surface area contributed by atoms with Crippen molar-refractivity contribution in [1.82, 2.24) is 9.80 Å². The second-order valence-electron chi connectivity index (χ2n) is 8.21. The smallest absolute Gasteiger partial charge is 0.277 e. The van der Waals surface area contributed by atoms with Gasteiger partial charge in [0.15, 0.2) is 0 Å². The van der Waals surface area contributed by atoms with E-state index in [9.17, 15) is 9.59 Å². The van der Waals surface area contributed by atoms with Crippen molar-refractivity contribution in [2.45, 2.75) is 39.5 Å². The van der Waals surface area contributed by atoms with Crippen LogP contribution in [0, 0.1) is 13.8 Å². The first-order valence-electron chi connectivity index (χ1n) is 10.6. The highest BCUT2D eigenvalue weighted by Gasteiger charge is 2.41. The first-order valence-corrected chi connectivity index (χ1v) is 11.0. The topological polar surface area (TPSA) is 40.6 Å². The molecular formula is C25H27ClN2O2. The minimum atomic E-state index is -0.183. The summed E-state index contributed by atoms with van der Waals surface area (Å²) >= 11 is 5.97. The highest BCUT2D eigenvalue weighted by atomic mass is 35.5. The predicted molar refractivity (Wildman–Crippen MR) is 120 cm³/mol. The third kappa shape index (κ3) is 4.01. The second kappa shape index (κ2) is 8.65. The lowest BCUT2D eigenvalue weighted by atomic mass is 9.98. The molecule has 0 aromatic heterocycles. The van der Waals surface area contributed by atoms with E-state index in [1.807, 2.05) is 49.4 Å². The molecule has 0 N–H and O–H groups in total. The number of nitrogens with zero attached hydrogens (tertiary/aromatic N) is 2. The molecule has 2 amide bonds. The quantitative estimate of drug-likeness (QED) is 0.652. The van der Waals surface area contributed by atoms with Gasteiger partial charge >= 0.3 is 0 Å². The molecule has 0 spiro atoms. The van der Waals surface area contributed by atoms with Crippen molar-refractivity contribution in [3.63, 3.8) is 0 Å². The van der Waals surface area contributed by atoms with Crippen LogP contribution in [0.3, 0.4) is 0 Å². The summed E-state index contributed by atoms with van der Waals surface area (Å²) in [7, 11) is 0. The molecule has 0 unspecified atom stereocenters. The lowest BCUT2D eigenvalue weighted by molar-refractivity contribution is -0.137. The molecule has 4 rings (SSSR count). The minimum absolute atomic E-state index is 0.163. The molecule has 0 aliphatic carbocycles. The molecule has 2 aromatic carbocycles. The Kier molecular flexibility index (Phi) is 5.96. The van der Waals surface area contributed by atoms with E-state index in [4.69, 9.17) is 11.6 Å². The number of imide groups is 1. The van der Waals surface area contributed by atoms with Gasteiger partial charge in [-0.25, -0.2) is 0 Å². The Balaban J connectivity index is 1.66. The van der Waals surface area contributed by atoms with Gasteiger partial charge in [-0.05, 0) is 73.9 Å². The molecular weight excluding hydrogens is 396 g/mol. The highest BCUT2D eigenvalue weighted by Crippen LogP contribution is 2.34.